The molecular formula is C18H11F4N5O2. The van der Waals surface area contributed by atoms with E-state index in [1.807, 2.05) is 0 Å². The highest BCUT2D eigenvalue weighted by molar-refractivity contribution is 5.93. The monoisotopic (exact) mass is 405 g/mol. The molecule has 0 saturated carbocycles. The van der Waals surface area contributed by atoms with E-state index in [0.717, 1.165) is 18.5 Å². The molecule has 0 saturated heterocycles. The number of aromatic nitrogens is 3. The lowest BCUT2D eigenvalue weighted by Crippen LogP contribution is -2.19. The molecule has 148 valence electrons. The van der Waals surface area contributed by atoms with Crippen LogP contribution in [0.4, 0.5) is 17.6 Å². The molecule has 1 N–H and O–H groups in total. The number of carbonyl (C=O) groups excluding carboxylic acids is 1. The number of amides is 1. The van der Waals surface area contributed by atoms with Crippen molar-refractivity contribution in [3.8, 4) is 17.1 Å². The van der Waals surface area contributed by atoms with Crippen LogP contribution in [0.3, 0.4) is 0 Å². The van der Waals surface area contributed by atoms with Gasteiger partial charge in [0.2, 0.25) is 5.88 Å². The van der Waals surface area contributed by atoms with Gasteiger partial charge >= 0.3 is 6.36 Å². The van der Waals surface area contributed by atoms with Gasteiger partial charge in [-0.3, -0.25) is 9.78 Å². The Labute approximate surface area is 161 Å². The van der Waals surface area contributed by atoms with E-state index in [0.29, 0.717) is 5.56 Å². The van der Waals surface area contributed by atoms with Gasteiger partial charge in [0.05, 0.1) is 24.3 Å². The second kappa shape index (κ2) is 8.42. The van der Waals surface area contributed by atoms with Crippen LogP contribution >= 0.6 is 0 Å². The number of nitrogens with zero attached hydrogens (tertiary/aromatic N) is 4. The molecule has 2 heterocycles. The third-order valence-electron chi connectivity index (χ3n) is 3.39. The molecule has 2 aromatic heterocycles. The normalized spacial score (nSPS) is 11.4. The first-order valence-corrected chi connectivity index (χ1v) is 7.94. The van der Waals surface area contributed by atoms with Gasteiger partial charge in [-0.1, -0.05) is 18.2 Å². The molecular weight excluding hydrogens is 394 g/mol. The topological polar surface area (TPSA) is 89.4 Å². The first-order valence-electron chi connectivity index (χ1n) is 7.94. The zero-order valence-corrected chi connectivity index (χ0v) is 14.4. The minimum atomic E-state index is -4.85. The maximum absolute atomic E-state index is 13.5. The molecule has 0 atom stereocenters. The molecule has 0 bridgehead atoms. The largest absolute Gasteiger partial charge is 0.574 e. The van der Waals surface area contributed by atoms with Crippen molar-refractivity contribution in [3.05, 3.63) is 72.1 Å². The lowest BCUT2D eigenvalue weighted by atomic mass is 10.2. The number of benzene rings is 1. The summed E-state index contributed by atoms with van der Waals surface area (Å²) in [7, 11) is 0. The van der Waals surface area contributed by atoms with E-state index in [9.17, 15) is 22.4 Å². The van der Waals surface area contributed by atoms with Crippen molar-refractivity contribution in [1.82, 2.24) is 20.4 Å². The van der Waals surface area contributed by atoms with Crippen LogP contribution in [0.2, 0.25) is 0 Å². The molecule has 1 amide bonds. The Bertz CT molecular complexity index is 1040. The maximum atomic E-state index is 13.5. The number of hydrogen-bond acceptors (Lipinski definition) is 6. The number of alkyl halides is 3. The maximum Gasteiger partial charge on any atom is 0.574 e. The lowest BCUT2D eigenvalue weighted by Gasteiger charge is -2.08. The van der Waals surface area contributed by atoms with E-state index in [-0.39, 0.29) is 17.0 Å². The summed E-state index contributed by atoms with van der Waals surface area (Å²) in [6.45, 7) is 0. The number of nitrogens with one attached hydrogen (secondary N) is 1. The van der Waals surface area contributed by atoms with Crippen LogP contribution in [0.25, 0.3) is 11.3 Å². The standard InChI is InChI=1S/C18H11F4N5O2/c19-13-4-2-1-3-11(13)8-25-27-17(28)15-10-23-9-14(26-15)12-5-6-16(24-7-12)29-18(20,21)22/h1-10H,(H,27,28)/b25-8+. The van der Waals surface area contributed by atoms with Crippen LogP contribution in [0.1, 0.15) is 16.1 Å². The van der Waals surface area contributed by atoms with Gasteiger partial charge in [-0.25, -0.2) is 19.8 Å². The number of halogens is 4. The van der Waals surface area contributed by atoms with Crippen LogP contribution in [0.15, 0.2) is 60.1 Å². The number of ether oxygens (including phenoxy) is 1. The minimum absolute atomic E-state index is 0.108. The Morgan fingerprint density at radius 2 is 1.90 bits per heavy atom. The highest BCUT2D eigenvalue weighted by Gasteiger charge is 2.31. The fourth-order valence-electron chi connectivity index (χ4n) is 2.12. The van der Waals surface area contributed by atoms with Crippen LogP contribution in [-0.4, -0.2) is 33.4 Å². The number of hydrogen-bond donors (Lipinski definition) is 1. The summed E-state index contributed by atoms with van der Waals surface area (Å²) in [4.78, 5) is 23.6. The Kier molecular flexibility index (Phi) is 5.77. The van der Waals surface area contributed by atoms with Gasteiger partial charge < -0.3 is 4.74 Å². The van der Waals surface area contributed by atoms with Crippen molar-refractivity contribution in [1.29, 1.82) is 0 Å². The van der Waals surface area contributed by atoms with Gasteiger partial charge in [-0.05, 0) is 12.1 Å². The highest BCUT2D eigenvalue weighted by atomic mass is 19.4. The zero-order chi connectivity index (χ0) is 20.9. The predicted octanol–water partition coefficient (Wildman–Crippen LogP) is 3.34. The summed E-state index contributed by atoms with van der Waals surface area (Å²) in [5.74, 6) is -1.85. The molecule has 0 unspecified atom stereocenters. The summed E-state index contributed by atoms with van der Waals surface area (Å²) in [6, 6.07) is 8.15. The van der Waals surface area contributed by atoms with Crippen LogP contribution < -0.4 is 10.2 Å². The Hall–Kier alpha value is -3.89. The van der Waals surface area contributed by atoms with Crippen molar-refractivity contribution in [2.24, 2.45) is 5.10 Å². The molecule has 7 nitrogen and oxygen atoms in total. The van der Waals surface area contributed by atoms with Crippen molar-refractivity contribution < 1.29 is 27.1 Å². The summed E-state index contributed by atoms with van der Waals surface area (Å²) in [5.41, 5.74) is 2.77. The molecule has 0 aliphatic rings. The molecule has 1 aromatic carbocycles. The number of pyridine rings is 1. The van der Waals surface area contributed by atoms with E-state index in [1.165, 1.54) is 36.7 Å². The first-order chi connectivity index (χ1) is 13.8. The Morgan fingerprint density at radius 3 is 2.59 bits per heavy atom. The summed E-state index contributed by atoms with van der Waals surface area (Å²) < 4.78 is 53.7. The highest BCUT2D eigenvalue weighted by Crippen LogP contribution is 2.23. The molecule has 29 heavy (non-hydrogen) atoms. The van der Waals surface area contributed by atoms with E-state index < -0.39 is 24.0 Å². The molecule has 3 aromatic rings. The van der Waals surface area contributed by atoms with Crippen molar-refractivity contribution >= 4 is 12.1 Å². The lowest BCUT2D eigenvalue weighted by molar-refractivity contribution is -0.276. The zero-order valence-electron chi connectivity index (χ0n) is 14.4. The van der Waals surface area contributed by atoms with Crippen molar-refractivity contribution in [3.63, 3.8) is 0 Å². The SMILES string of the molecule is O=C(N/N=C/c1ccccc1F)c1cncc(-c2ccc(OC(F)(F)F)nc2)n1. The van der Waals surface area contributed by atoms with Gasteiger partial charge in [0.1, 0.15) is 11.5 Å². The van der Waals surface area contributed by atoms with Crippen molar-refractivity contribution in [2.45, 2.75) is 6.36 Å². The average molecular weight is 405 g/mol. The fourth-order valence-corrected chi connectivity index (χ4v) is 2.12. The fraction of sp³-hybridized carbons (Fsp3) is 0.0556. The third-order valence-corrected chi connectivity index (χ3v) is 3.39. The van der Waals surface area contributed by atoms with Gasteiger partial charge in [0.25, 0.3) is 5.91 Å². The second-order valence-corrected chi connectivity index (χ2v) is 5.44. The van der Waals surface area contributed by atoms with Crippen LogP contribution in [-0.2, 0) is 0 Å². The van der Waals surface area contributed by atoms with Gasteiger partial charge in [-0.2, -0.15) is 5.10 Å². The van der Waals surface area contributed by atoms with Crippen LogP contribution in [0, 0.1) is 5.82 Å². The third kappa shape index (κ3) is 5.54. The summed E-state index contributed by atoms with van der Waals surface area (Å²) in [6.07, 6.45) is -0.140. The van der Waals surface area contributed by atoms with Gasteiger partial charge in [0, 0.05) is 23.4 Å². The number of carbonyl (C=O) groups is 1. The van der Waals surface area contributed by atoms with Gasteiger partial charge in [-0.15, -0.1) is 13.2 Å². The first kappa shape index (κ1) is 19.9. The quantitative estimate of drug-likeness (QED) is 0.400. The Balaban J connectivity index is 1.70. The van der Waals surface area contributed by atoms with E-state index in [1.54, 1.807) is 6.07 Å². The Morgan fingerprint density at radius 1 is 1.10 bits per heavy atom. The average Bonchev–Trinajstić information content (AvgIpc) is 2.69. The number of rotatable bonds is 5. The predicted molar refractivity (Wildman–Crippen MR) is 93.4 cm³/mol. The van der Waals surface area contributed by atoms with E-state index >= 15 is 0 Å². The van der Waals surface area contributed by atoms with E-state index in [2.05, 4.69) is 30.2 Å². The van der Waals surface area contributed by atoms with E-state index in [4.69, 9.17) is 0 Å². The molecule has 0 radical (unpaired) electrons. The molecule has 0 spiro atoms. The molecule has 11 heteroatoms. The molecule has 0 fully saturated rings. The smallest absolute Gasteiger partial charge is 0.388 e. The summed E-state index contributed by atoms with van der Waals surface area (Å²) >= 11 is 0. The molecule has 0 aliphatic carbocycles. The van der Waals surface area contributed by atoms with Crippen LogP contribution in [0.5, 0.6) is 5.88 Å². The molecule has 3 rings (SSSR count). The van der Waals surface area contributed by atoms with Crippen molar-refractivity contribution in [2.75, 3.05) is 0 Å². The second-order valence-electron chi connectivity index (χ2n) is 5.44. The molecule has 0 aliphatic heterocycles. The summed E-state index contributed by atoms with van der Waals surface area (Å²) in [5, 5.41) is 3.66. The van der Waals surface area contributed by atoms with Gasteiger partial charge in [0.15, 0.2) is 0 Å². The minimum Gasteiger partial charge on any atom is -0.388 e. The number of hydrazone groups is 1.